The molecule has 2 saturated heterocycles. The maximum Gasteiger partial charge on any atom is 0.249 e. The Kier molecular flexibility index (Phi) is 8.66. The van der Waals surface area contributed by atoms with Gasteiger partial charge < -0.3 is 19.9 Å². The van der Waals surface area contributed by atoms with Gasteiger partial charge in [0.25, 0.3) is 0 Å². The number of para-hydroxylation sites is 1. The van der Waals surface area contributed by atoms with Crippen molar-refractivity contribution in [2.45, 2.75) is 39.2 Å². The van der Waals surface area contributed by atoms with Crippen molar-refractivity contribution in [3.05, 3.63) is 54.4 Å². The van der Waals surface area contributed by atoms with Crippen molar-refractivity contribution < 1.29 is 9.53 Å². The van der Waals surface area contributed by atoms with Crippen LogP contribution < -0.4 is 5.32 Å². The number of ether oxygens (including phenoxy) is 1. The second kappa shape index (κ2) is 11.7. The summed E-state index contributed by atoms with van der Waals surface area (Å²) in [5, 5.41) is 3.47. The van der Waals surface area contributed by atoms with Crippen molar-refractivity contribution in [1.29, 1.82) is 0 Å². The predicted molar refractivity (Wildman–Crippen MR) is 121 cm³/mol. The number of hydrogen-bond donors (Lipinski definition) is 1. The molecule has 2 aliphatic rings. The molecule has 0 bridgehead atoms. The van der Waals surface area contributed by atoms with Crippen LogP contribution in [0.5, 0.6) is 0 Å². The van der Waals surface area contributed by atoms with Gasteiger partial charge in [0.05, 0.1) is 12.6 Å². The van der Waals surface area contributed by atoms with Gasteiger partial charge in [-0.2, -0.15) is 0 Å². The van der Waals surface area contributed by atoms with Crippen molar-refractivity contribution in [2.75, 3.05) is 44.7 Å². The fraction of sp³-hybridized carbons (Fsp3) is 0.500. The van der Waals surface area contributed by atoms with Gasteiger partial charge in [-0.15, -0.1) is 0 Å². The molecule has 1 N–H and O–H groups in total. The third-order valence-electron chi connectivity index (χ3n) is 5.57. The molecule has 6 nitrogen and oxygen atoms in total. The highest BCUT2D eigenvalue weighted by atomic mass is 16.5. The number of nitrogens with one attached hydrogen (secondary N) is 1. The largest absolute Gasteiger partial charge is 0.369 e. The second-order valence-electron chi connectivity index (χ2n) is 7.47. The number of pyridine rings is 1. The van der Waals surface area contributed by atoms with Crippen molar-refractivity contribution in [2.24, 2.45) is 0 Å². The number of carbonyl (C=O) groups is 1. The summed E-state index contributed by atoms with van der Waals surface area (Å²) in [6, 6.07) is 11.9. The first-order chi connectivity index (χ1) is 14.8. The Labute approximate surface area is 180 Å². The van der Waals surface area contributed by atoms with Gasteiger partial charge in [0.1, 0.15) is 6.61 Å². The quantitative estimate of drug-likeness (QED) is 0.772. The van der Waals surface area contributed by atoms with Crippen molar-refractivity contribution in [3.8, 4) is 0 Å². The zero-order chi connectivity index (χ0) is 21.2. The van der Waals surface area contributed by atoms with Gasteiger partial charge in [0, 0.05) is 42.4 Å². The summed E-state index contributed by atoms with van der Waals surface area (Å²) in [4.78, 5) is 21.4. The fourth-order valence-electron chi connectivity index (χ4n) is 4.04. The van der Waals surface area contributed by atoms with Gasteiger partial charge >= 0.3 is 0 Å². The van der Waals surface area contributed by atoms with Gasteiger partial charge in [0.15, 0.2) is 0 Å². The van der Waals surface area contributed by atoms with Crippen LogP contribution in [-0.2, 0) is 9.53 Å². The Morgan fingerprint density at radius 2 is 1.83 bits per heavy atom. The Morgan fingerprint density at radius 1 is 1.07 bits per heavy atom. The Balaban J connectivity index is 0.00000124. The molecule has 0 aliphatic carbocycles. The summed E-state index contributed by atoms with van der Waals surface area (Å²) in [5.41, 5.74) is 2.98. The van der Waals surface area contributed by atoms with Crippen LogP contribution >= 0.6 is 0 Å². The molecule has 1 unspecified atom stereocenters. The van der Waals surface area contributed by atoms with E-state index >= 15 is 0 Å². The van der Waals surface area contributed by atoms with Gasteiger partial charge in [-0.25, -0.2) is 0 Å². The van der Waals surface area contributed by atoms with E-state index in [9.17, 15) is 4.79 Å². The minimum atomic E-state index is -0.119. The number of aromatic nitrogens is 1. The van der Waals surface area contributed by atoms with Crippen LogP contribution in [0, 0.1) is 0 Å². The molecule has 4 rings (SSSR count). The Morgan fingerprint density at radius 3 is 2.60 bits per heavy atom. The van der Waals surface area contributed by atoms with Gasteiger partial charge in [-0.1, -0.05) is 38.5 Å². The van der Waals surface area contributed by atoms with Crippen LogP contribution in [-0.4, -0.2) is 60.1 Å². The average molecular weight is 411 g/mol. The van der Waals surface area contributed by atoms with E-state index in [2.05, 4.69) is 15.2 Å². The van der Waals surface area contributed by atoms with Crippen LogP contribution in [0.15, 0.2) is 48.8 Å². The lowest BCUT2D eigenvalue weighted by molar-refractivity contribution is -0.148. The molecule has 1 aromatic heterocycles. The summed E-state index contributed by atoms with van der Waals surface area (Å²) in [7, 11) is 0. The van der Waals surface area contributed by atoms with Crippen LogP contribution in [0.25, 0.3) is 0 Å². The van der Waals surface area contributed by atoms with Gasteiger partial charge in [0.2, 0.25) is 5.91 Å². The molecule has 1 atom stereocenters. The molecule has 2 aliphatic heterocycles. The highest BCUT2D eigenvalue weighted by Crippen LogP contribution is 2.31. The number of morpholine rings is 1. The molecule has 0 radical (unpaired) electrons. The summed E-state index contributed by atoms with van der Waals surface area (Å²) < 4.78 is 5.62. The molecule has 6 heteroatoms. The lowest BCUT2D eigenvalue weighted by Crippen LogP contribution is -2.48. The number of anilines is 2. The molecule has 3 heterocycles. The molecule has 1 amide bonds. The smallest absolute Gasteiger partial charge is 0.249 e. The molecule has 2 fully saturated rings. The van der Waals surface area contributed by atoms with E-state index in [0.717, 1.165) is 43.1 Å². The number of carbonyl (C=O) groups excluding carboxylic acids is 1. The van der Waals surface area contributed by atoms with E-state index in [1.807, 2.05) is 61.3 Å². The number of amides is 1. The topological polar surface area (TPSA) is 57.7 Å². The van der Waals surface area contributed by atoms with E-state index in [1.54, 1.807) is 6.20 Å². The SMILES string of the molecule is CC.O=C1COCC(c2cnccc2Nc2ccccc2)N1CCN1CCCCC1. The van der Waals surface area contributed by atoms with Gasteiger partial charge in [-0.05, 0) is 44.1 Å². The number of benzene rings is 1. The van der Waals surface area contributed by atoms with Crippen LogP contribution in [0.4, 0.5) is 11.4 Å². The normalized spacial score (nSPS) is 19.7. The maximum atomic E-state index is 12.7. The van der Waals surface area contributed by atoms with E-state index in [1.165, 1.54) is 19.3 Å². The molecular formula is C24H34N4O2. The van der Waals surface area contributed by atoms with Crippen molar-refractivity contribution in [3.63, 3.8) is 0 Å². The summed E-state index contributed by atoms with van der Waals surface area (Å²) in [5.74, 6) is 0.0581. The Bertz CT molecular complexity index is 778. The van der Waals surface area contributed by atoms with E-state index in [4.69, 9.17) is 4.74 Å². The number of piperidine rings is 1. The van der Waals surface area contributed by atoms with Crippen LogP contribution in [0.3, 0.4) is 0 Å². The third kappa shape index (κ3) is 5.80. The summed E-state index contributed by atoms with van der Waals surface area (Å²) in [6.07, 6.45) is 7.46. The van der Waals surface area contributed by atoms with Gasteiger partial charge in [-0.3, -0.25) is 9.78 Å². The Hall–Kier alpha value is -2.44. The maximum absolute atomic E-state index is 12.7. The first kappa shape index (κ1) is 22.2. The first-order valence-electron chi connectivity index (χ1n) is 11.2. The van der Waals surface area contributed by atoms with E-state index in [-0.39, 0.29) is 18.6 Å². The number of rotatable bonds is 6. The number of hydrogen-bond acceptors (Lipinski definition) is 5. The highest BCUT2D eigenvalue weighted by molar-refractivity contribution is 5.79. The average Bonchev–Trinajstić information content (AvgIpc) is 2.81. The molecule has 1 aromatic carbocycles. The molecular weight excluding hydrogens is 376 g/mol. The van der Waals surface area contributed by atoms with Crippen LogP contribution in [0.1, 0.15) is 44.7 Å². The third-order valence-corrected chi connectivity index (χ3v) is 5.57. The second-order valence-corrected chi connectivity index (χ2v) is 7.47. The lowest BCUT2D eigenvalue weighted by Gasteiger charge is -2.38. The van der Waals surface area contributed by atoms with Crippen molar-refractivity contribution >= 4 is 17.3 Å². The molecule has 0 spiro atoms. The molecule has 30 heavy (non-hydrogen) atoms. The van der Waals surface area contributed by atoms with Crippen molar-refractivity contribution in [1.82, 2.24) is 14.8 Å². The molecule has 0 saturated carbocycles. The predicted octanol–water partition coefficient (Wildman–Crippen LogP) is 4.24. The van der Waals surface area contributed by atoms with E-state index < -0.39 is 0 Å². The summed E-state index contributed by atoms with van der Waals surface area (Å²) in [6.45, 7) is 8.59. The number of likely N-dealkylation sites (tertiary alicyclic amines) is 1. The zero-order valence-corrected chi connectivity index (χ0v) is 18.2. The monoisotopic (exact) mass is 410 g/mol. The highest BCUT2D eigenvalue weighted by Gasteiger charge is 2.32. The van der Waals surface area contributed by atoms with Crippen LogP contribution in [0.2, 0.25) is 0 Å². The molecule has 162 valence electrons. The summed E-state index contributed by atoms with van der Waals surface area (Å²) >= 11 is 0. The molecule has 2 aromatic rings. The minimum Gasteiger partial charge on any atom is -0.369 e. The van der Waals surface area contributed by atoms with E-state index in [0.29, 0.717) is 6.61 Å². The lowest BCUT2D eigenvalue weighted by atomic mass is 10.0. The minimum absolute atomic E-state index is 0.0581. The zero-order valence-electron chi connectivity index (χ0n) is 18.2. The standard InChI is InChI=1S/C22H28N4O2.C2H6/c27-22-17-28-16-21(26(22)14-13-25-11-5-2-6-12-25)19-15-23-10-9-20(19)24-18-7-3-1-4-8-18;1-2/h1,3-4,7-10,15,21H,2,5-6,11-14,16-17H2,(H,23,24);1-2H3. The number of nitrogens with zero attached hydrogens (tertiary/aromatic N) is 3. The fourth-order valence-corrected chi connectivity index (χ4v) is 4.04. The first-order valence-corrected chi connectivity index (χ1v) is 11.2.